The molecule has 0 fully saturated rings. The van der Waals surface area contributed by atoms with Gasteiger partial charge in [0, 0.05) is 9.75 Å². The Morgan fingerprint density at radius 1 is 1.36 bits per heavy atom. The predicted octanol–water partition coefficient (Wildman–Crippen LogP) is 3.23. The summed E-state index contributed by atoms with van der Waals surface area (Å²) in [6, 6.07) is 4.56. The molecule has 1 heterocycles. The fourth-order valence-corrected chi connectivity index (χ4v) is 2.93. The van der Waals surface area contributed by atoms with E-state index in [2.05, 4.69) is 26.0 Å². The molecule has 0 aliphatic carbocycles. The minimum Gasteiger partial charge on any atom is -0.330 e. The van der Waals surface area contributed by atoms with Gasteiger partial charge in [-0.3, -0.25) is 0 Å². The summed E-state index contributed by atoms with van der Waals surface area (Å²) >= 11 is 1.97. The highest BCUT2D eigenvalue weighted by Gasteiger charge is 2.05. The molecule has 2 N–H and O–H groups in total. The third kappa shape index (κ3) is 3.81. The Kier molecular flexibility index (Phi) is 5.20. The van der Waals surface area contributed by atoms with E-state index in [9.17, 15) is 0 Å². The molecule has 0 saturated heterocycles. The van der Waals surface area contributed by atoms with Gasteiger partial charge in [-0.25, -0.2) is 0 Å². The highest BCUT2D eigenvalue weighted by atomic mass is 32.1. The minimum atomic E-state index is 0.730. The van der Waals surface area contributed by atoms with E-state index in [-0.39, 0.29) is 0 Å². The molecule has 1 atom stereocenters. The fraction of sp³-hybridized carbons (Fsp3) is 0.667. The molecule has 1 nitrogen and oxygen atoms in total. The van der Waals surface area contributed by atoms with Crippen molar-refractivity contribution in [3.63, 3.8) is 0 Å². The van der Waals surface area contributed by atoms with E-state index in [1.165, 1.54) is 29.0 Å². The van der Waals surface area contributed by atoms with Crippen molar-refractivity contribution >= 4 is 11.3 Å². The molecular formula is C12H21NS. The van der Waals surface area contributed by atoms with Crippen LogP contribution in [0.3, 0.4) is 0 Å². The lowest BCUT2D eigenvalue weighted by Crippen LogP contribution is -2.07. The van der Waals surface area contributed by atoms with Gasteiger partial charge in [0.1, 0.15) is 0 Å². The molecule has 0 spiro atoms. The maximum absolute atomic E-state index is 5.54. The van der Waals surface area contributed by atoms with Crippen LogP contribution >= 0.6 is 11.3 Å². The Bertz CT molecular complexity index is 255. The van der Waals surface area contributed by atoms with Gasteiger partial charge in [0.25, 0.3) is 0 Å². The molecule has 0 aliphatic heterocycles. The molecular weight excluding hydrogens is 190 g/mol. The first-order valence-electron chi connectivity index (χ1n) is 5.54. The van der Waals surface area contributed by atoms with Crippen LogP contribution < -0.4 is 5.73 Å². The van der Waals surface area contributed by atoms with Crippen LogP contribution in [0.1, 0.15) is 36.4 Å². The second-order valence-corrected chi connectivity index (χ2v) is 5.26. The lowest BCUT2D eigenvalue weighted by molar-refractivity contribution is 0.542. The smallest absolute Gasteiger partial charge is 0.00508 e. The summed E-state index contributed by atoms with van der Waals surface area (Å²) in [5.74, 6) is 0.730. The first-order valence-corrected chi connectivity index (χ1v) is 6.35. The lowest BCUT2D eigenvalue weighted by atomic mass is 10.0. The topological polar surface area (TPSA) is 26.0 Å². The van der Waals surface area contributed by atoms with Crippen molar-refractivity contribution in [2.24, 2.45) is 11.7 Å². The van der Waals surface area contributed by atoms with Crippen LogP contribution in [0.5, 0.6) is 0 Å². The standard InChI is InChI=1S/C12H21NS/c1-3-4-11-5-6-12(14-11)9-10(2)7-8-13/h5-6,10H,3-4,7-9,13H2,1-2H3. The van der Waals surface area contributed by atoms with Crippen molar-refractivity contribution in [1.82, 2.24) is 0 Å². The fourth-order valence-electron chi connectivity index (χ4n) is 1.64. The van der Waals surface area contributed by atoms with Crippen molar-refractivity contribution < 1.29 is 0 Å². The van der Waals surface area contributed by atoms with Gasteiger partial charge in [-0.1, -0.05) is 20.3 Å². The van der Waals surface area contributed by atoms with Crippen LogP contribution in [0.4, 0.5) is 0 Å². The number of hydrogen-bond donors (Lipinski definition) is 1. The normalized spacial score (nSPS) is 13.1. The van der Waals surface area contributed by atoms with Crippen LogP contribution in [0.2, 0.25) is 0 Å². The molecule has 0 amide bonds. The van der Waals surface area contributed by atoms with Gasteiger partial charge in [0.2, 0.25) is 0 Å². The minimum absolute atomic E-state index is 0.730. The number of aryl methyl sites for hydroxylation is 1. The number of thiophene rings is 1. The van der Waals surface area contributed by atoms with Crippen molar-refractivity contribution in [2.45, 2.75) is 39.5 Å². The van der Waals surface area contributed by atoms with Crippen LogP contribution in [0, 0.1) is 5.92 Å². The molecule has 80 valence electrons. The Hall–Kier alpha value is -0.340. The highest BCUT2D eigenvalue weighted by molar-refractivity contribution is 7.11. The molecule has 0 saturated carbocycles. The quantitative estimate of drug-likeness (QED) is 0.768. The van der Waals surface area contributed by atoms with E-state index in [1.807, 2.05) is 11.3 Å². The zero-order valence-electron chi connectivity index (χ0n) is 9.25. The van der Waals surface area contributed by atoms with Gasteiger partial charge in [-0.2, -0.15) is 0 Å². The zero-order chi connectivity index (χ0) is 10.4. The van der Waals surface area contributed by atoms with Gasteiger partial charge in [-0.05, 0) is 43.9 Å². The molecule has 1 aromatic heterocycles. The van der Waals surface area contributed by atoms with Gasteiger partial charge in [-0.15, -0.1) is 11.3 Å². The molecule has 1 unspecified atom stereocenters. The van der Waals surface area contributed by atoms with Crippen LogP contribution in [0.25, 0.3) is 0 Å². The molecule has 1 rings (SSSR count). The third-order valence-electron chi connectivity index (χ3n) is 2.42. The van der Waals surface area contributed by atoms with Gasteiger partial charge >= 0.3 is 0 Å². The summed E-state index contributed by atoms with van der Waals surface area (Å²) in [6.45, 7) is 5.33. The summed E-state index contributed by atoms with van der Waals surface area (Å²) < 4.78 is 0. The molecule has 0 aliphatic rings. The lowest BCUT2D eigenvalue weighted by Gasteiger charge is -2.07. The molecule has 1 aromatic rings. The van der Waals surface area contributed by atoms with Crippen LogP contribution in [-0.2, 0) is 12.8 Å². The maximum Gasteiger partial charge on any atom is 0.00508 e. The molecule has 0 aromatic carbocycles. The van der Waals surface area contributed by atoms with E-state index in [1.54, 1.807) is 0 Å². The third-order valence-corrected chi connectivity index (χ3v) is 3.59. The second-order valence-electron chi connectivity index (χ2n) is 4.00. The van der Waals surface area contributed by atoms with Gasteiger partial charge in [0.05, 0.1) is 0 Å². The summed E-state index contributed by atoms with van der Waals surface area (Å²) in [7, 11) is 0. The van der Waals surface area contributed by atoms with Crippen LogP contribution in [-0.4, -0.2) is 6.54 Å². The van der Waals surface area contributed by atoms with Gasteiger partial charge in [0.15, 0.2) is 0 Å². The number of nitrogens with two attached hydrogens (primary N) is 1. The zero-order valence-corrected chi connectivity index (χ0v) is 10.1. The Morgan fingerprint density at radius 2 is 2.07 bits per heavy atom. The van der Waals surface area contributed by atoms with Crippen LogP contribution in [0.15, 0.2) is 12.1 Å². The van der Waals surface area contributed by atoms with Crippen molar-refractivity contribution in [3.05, 3.63) is 21.9 Å². The molecule has 2 heteroatoms. The summed E-state index contributed by atoms with van der Waals surface area (Å²) in [6.07, 6.45) is 4.82. The van der Waals surface area contributed by atoms with E-state index in [0.717, 1.165) is 18.9 Å². The first-order chi connectivity index (χ1) is 6.76. The van der Waals surface area contributed by atoms with E-state index in [4.69, 9.17) is 5.73 Å². The summed E-state index contributed by atoms with van der Waals surface area (Å²) in [5.41, 5.74) is 5.54. The molecule has 14 heavy (non-hydrogen) atoms. The number of rotatable bonds is 6. The average Bonchev–Trinajstić information content (AvgIpc) is 2.53. The summed E-state index contributed by atoms with van der Waals surface area (Å²) in [5, 5.41) is 0. The Labute approximate surface area is 91.3 Å². The highest BCUT2D eigenvalue weighted by Crippen LogP contribution is 2.21. The SMILES string of the molecule is CCCc1ccc(CC(C)CCN)s1. The Morgan fingerprint density at radius 3 is 2.71 bits per heavy atom. The average molecular weight is 211 g/mol. The van der Waals surface area contributed by atoms with Crippen molar-refractivity contribution in [1.29, 1.82) is 0 Å². The summed E-state index contributed by atoms with van der Waals surface area (Å²) in [4.78, 5) is 3.05. The van der Waals surface area contributed by atoms with Crippen molar-refractivity contribution in [3.8, 4) is 0 Å². The molecule has 0 bridgehead atoms. The largest absolute Gasteiger partial charge is 0.330 e. The monoisotopic (exact) mass is 211 g/mol. The Balaban J connectivity index is 2.42. The second kappa shape index (κ2) is 6.20. The predicted molar refractivity (Wildman–Crippen MR) is 64.9 cm³/mol. The van der Waals surface area contributed by atoms with E-state index < -0.39 is 0 Å². The molecule has 0 radical (unpaired) electrons. The first kappa shape index (κ1) is 11.7. The maximum atomic E-state index is 5.54. The number of hydrogen-bond acceptors (Lipinski definition) is 2. The van der Waals surface area contributed by atoms with E-state index in [0.29, 0.717) is 0 Å². The van der Waals surface area contributed by atoms with Crippen molar-refractivity contribution in [2.75, 3.05) is 6.54 Å². The van der Waals surface area contributed by atoms with Gasteiger partial charge < -0.3 is 5.73 Å². The van der Waals surface area contributed by atoms with E-state index >= 15 is 0 Å².